The normalized spacial score (nSPS) is 10.1. The van der Waals surface area contributed by atoms with E-state index in [1.165, 1.54) is 6.20 Å². The first-order valence-electron chi connectivity index (χ1n) is 4.85. The maximum atomic E-state index is 11.0. The summed E-state index contributed by atoms with van der Waals surface area (Å²) in [5.74, 6) is -0.496. The topological polar surface area (TPSA) is 68.9 Å². The van der Waals surface area contributed by atoms with Gasteiger partial charge in [0, 0.05) is 12.4 Å². The molecule has 1 aromatic heterocycles. The second kappa shape index (κ2) is 5.32. The third-order valence-electron chi connectivity index (χ3n) is 2.02. The Labute approximate surface area is 83.6 Å². The summed E-state index contributed by atoms with van der Waals surface area (Å²) in [5.41, 5.74) is 6.20. The Bertz CT molecular complexity index is 312. The highest BCUT2D eigenvalue weighted by Crippen LogP contribution is 2.06. The highest BCUT2D eigenvalue weighted by atomic mass is 16.1. The van der Waals surface area contributed by atoms with Crippen LogP contribution in [0.1, 0.15) is 42.4 Å². The molecule has 1 amide bonds. The fourth-order valence-electron chi connectivity index (χ4n) is 1.30. The molecule has 0 radical (unpaired) electrons. The Morgan fingerprint density at radius 2 is 2.07 bits per heavy atom. The second-order valence-corrected chi connectivity index (χ2v) is 3.17. The van der Waals surface area contributed by atoms with E-state index >= 15 is 0 Å². The van der Waals surface area contributed by atoms with Crippen molar-refractivity contribution in [3.63, 3.8) is 0 Å². The number of hydrogen-bond acceptors (Lipinski definition) is 3. The molecule has 0 bridgehead atoms. The molecule has 4 heteroatoms. The van der Waals surface area contributed by atoms with Crippen LogP contribution < -0.4 is 5.73 Å². The molecule has 1 aromatic rings. The fraction of sp³-hybridized carbons (Fsp3) is 0.500. The number of nitrogens with zero attached hydrogens (tertiary/aromatic N) is 2. The van der Waals surface area contributed by atoms with Gasteiger partial charge in [-0.15, -0.1) is 0 Å². The molecule has 0 aliphatic carbocycles. The summed E-state index contributed by atoms with van der Waals surface area (Å²) in [6.45, 7) is 2.13. The van der Waals surface area contributed by atoms with Crippen molar-refractivity contribution < 1.29 is 4.79 Å². The number of unbranched alkanes of at least 4 members (excludes halogenated alkanes) is 2. The molecule has 0 aliphatic heterocycles. The molecule has 0 atom stereocenters. The molecule has 0 unspecified atom stereocenters. The number of nitrogens with two attached hydrogens (primary N) is 1. The fourth-order valence-corrected chi connectivity index (χ4v) is 1.30. The van der Waals surface area contributed by atoms with Crippen LogP contribution in [-0.2, 0) is 6.42 Å². The molecule has 0 spiro atoms. The second-order valence-electron chi connectivity index (χ2n) is 3.17. The zero-order chi connectivity index (χ0) is 10.4. The van der Waals surface area contributed by atoms with E-state index in [2.05, 4.69) is 16.9 Å². The molecule has 1 rings (SSSR count). The first-order chi connectivity index (χ1) is 6.75. The summed E-state index contributed by atoms with van der Waals surface area (Å²) in [7, 11) is 0. The summed E-state index contributed by atoms with van der Waals surface area (Å²) in [5, 5.41) is 0. The van der Waals surface area contributed by atoms with Crippen LogP contribution in [0.5, 0.6) is 0 Å². The van der Waals surface area contributed by atoms with Crippen molar-refractivity contribution in [3.05, 3.63) is 23.8 Å². The molecule has 0 aliphatic rings. The van der Waals surface area contributed by atoms with Gasteiger partial charge in [0.1, 0.15) is 5.69 Å². The van der Waals surface area contributed by atoms with Gasteiger partial charge in [0.05, 0.1) is 5.69 Å². The standard InChI is InChI=1S/C10H15N3O/c1-2-3-4-5-8-9(10(11)14)13-7-6-12-8/h6-7H,2-5H2,1H3,(H2,11,14). The maximum absolute atomic E-state index is 11.0. The van der Waals surface area contributed by atoms with E-state index in [0.717, 1.165) is 25.7 Å². The third-order valence-corrected chi connectivity index (χ3v) is 2.02. The van der Waals surface area contributed by atoms with Crippen LogP contribution in [0.2, 0.25) is 0 Å². The Morgan fingerprint density at radius 3 is 2.71 bits per heavy atom. The number of hydrogen-bond donors (Lipinski definition) is 1. The summed E-state index contributed by atoms with van der Waals surface area (Å²) < 4.78 is 0. The number of primary amides is 1. The molecule has 0 aromatic carbocycles. The summed E-state index contributed by atoms with van der Waals surface area (Å²) in [6.07, 6.45) is 7.16. The van der Waals surface area contributed by atoms with Crippen molar-refractivity contribution in [2.24, 2.45) is 5.73 Å². The predicted molar refractivity (Wildman–Crippen MR) is 53.8 cm³/mol. The monoisotopic (exact) mass is 193 g/mol. The number of amides is 1. The SMILES string of the molecule is CCCCCc1nccnc1C(N)=O. The molecule has 0 saturated carbocycles. The first-order valence-corrected chi connectivity index (χ1v) is 4.85. The van der Waals surface area contributed by atoms with Crippen molar-refractivity contribution in [1.82, 2.24) is 9.97 Å². The molecular weight excluding hydrogens is 178 g/mol. The van der Waals surface area contributed by atoms with Gasteiger partial charge in [-0.25, -0.2) is 4.98 Å². The minimum Gasteiger partial charge on any atom is -0.364 e. The van der Waals surface area contributed by atoms with Crippen molar-refractivity contribution in [2.75, 3.05) is 0 Å². The largest absolute Gasteiger partial charge is 0.364 e. The summed E-state index contributed by atoms with van der Waals surface area (Å²) in [4.78, 5) is 19.0. The summed E-state index contributed by atoms with van der Waals surface area (Å²) in [6, 6.07) is 0. The van der Waals surface area contributed by atoms with Crippen LogP contribution in [0.3, 0.4) is 0 Å². The van der Waals surface area contributed by atoms with Crippen molar-refractivity contribution in [1.29, 1.82) is 0 Å². The highest BCUT2D eigenvalue weighted by molar-refractivity contribution is 5.91. The van der Waals surface area contributed by atoms with E-state index in [1.54, 1.807) is 6.20 Å². The van der Waals surface area contributed by atoms with Gasteiger partial charge in [0.2, 0.25) is 0 Å². The molecular formula is C10H15N3O. The zero-order valence-electron chi connectivity index (χ0n) is 8.36. The van der Waals surface area contributed by atoms with E-state index in [1.807, 2.05) is 0 Å². The number of aromatic nitrogens is 2. The van der Waals surface area contributed by atoms with Crippen molar-refractivity contribution in [2.45, 2.75) is 32.6 Å². The zero-order valence-corrected chi connectivity index (χ0v) is 8.36. The molecule has 0 fully saturated rings. The van der Waals surface area contributed by atoms with Crippen LogP contribution in [0.4, 0.5) is 0 Å². The molecule has 14 heavy (non-hydrogen) atoms. The molecule has 2 N–H and O–H groups in total. The minimum absolute atomic E-state index is 0.309. The smallest absolute Gasteiger partial charge is 0.269 e. The quantitative estimate of drug-likeness (QED) is 0.717. The molecule has 4 nitrogen and oxygen atoms in total. The molecule has 0 saturated heterocycles. The van der Waals surface area contributed by atoms with Gasteiger partial charge >= 0.3 is 0 Å². The Kier molecular flexibility index (Phi) is 4.04. The Hall–Kier alpha value is -1.45. The third kappa shape index (κ3) is 2.80. The van der Waals surface area contributed by atoms with Crippen LogP contribution in [0.25, 0.3) is 0 Å². The maximum Gasteiger partial charge on any atom is 0.269 e. The van der Waals surface area contributed by atoms with E-state index in [9.17, 15) is 4.79 Å². The van der Waals surface area contributed by atoms with E-state index in [4.69, 9.17) is 5.73 Å². The van der Waals surface area contributed by atoms with Gasteiger partial charge in [-0.05, 0) is 12.8 Å². The van der Waals surface area contributed by atoms with E-state index in [-0.39, 0.29) is 0 Å². The van der Waals surface area contributed by atoms with Gasteiger partial charge in [0.25, 0.3) is 5.91 Å². The van der Waals surface area contributed by atoms with Crippen LogP contribution in [-0.4, -0.2) is 15.9 Å². The van der Waals surface area contributed by atoms with Crippen LogP contribution >= 0.6 is 0 Å². The van der Waals surface area contributed by atoms with E-state index < -0.39 is 5.91 Å². The Morgan fingerprint density at radius 1 is 1.36 bits per heavy atom. The lowest BCUT2D eigenvalue weighted by Crippen LogP contribution is -2.16. The molecule has 1 heterocycles. The Balaban J connectivity index is 2.69. The van der Waals surface area contributed by atoms with Crippen LogP contribution in [0, 0.1) is 0 Å². The predicted octanol–water partition coefficient (Wildman–Crippen LogP) is 1.31. The van der Waals surface area contributed by atoms with Crippen molar-refractivity contribution in [3.8, 4) is 0 Å². The number of rotatable bonds is 5. The summed E-state index contributed by atoms with van der Waals surface area (Å²) >= 11 is 0. The number of carbonyl (C=O) groups is 1. The lowest BCUT2D eigenvalue weighted by Gasteiger charge is -2.02. The minimum atomic E-state index is -0.496. The van der Waals surface area contributed by atoms with E-state index in [0.29, 0.717) is 11.4 Å². The lowest BCUT2D eigenvalue weighted by molar-refractivity contribution is 0.0994. The number of carbonyl (C=O) groups excluding carboxylic acids is 1. The van der Waals surface area contributed by atoms with Gasteiger partial charge < -0.3 is 5.73 Å². The average molecular weight is 193 g/mol. The van der Waals surface area contributed by atoms with Gasteiger partial charge in [-0.3, -0.25) is 9.78 Å². The van der Waals surface area contributed by atoms with Gasteiger partial charge in [0.15, 0.2) is 0 Å². The lowest BCUT2D eigenvalue weighted by atomic mass is 10.1. The van der Waals surface area contributed by atoms with Crippen molar-refractivity contribution >= 4 is 5.91 Å². The van der Waals surface area contributed by atoms with Gasteiger partial charge in [-0.1, -0.05) is 19.8 Å². The van der Waals surface area contributed by atoms with Crippen LogP contribution in [0.15, 0.2) is 12.4 Å². The first kappa shape index (κ1) is 10.6. The highest BCUT2D eigenvalue weighted by Gasteiger charge is 2.09. The number of aryl methyl sites for hydroxylation is 1. The molecule has 76 valence electrons. The van der Waals surface area contributed by atoms with Gasteiger partial charge in [-0.2, -0.15) is 0 Å². The average Bonchev–Trinajstić information content (AvgIpc) is 2.19.